The number of carbonyl (C=O) groups is 1. The average Bonchev–Trinajstić information content (AvgIpc) is 3.18. The van der Waals surface area contributed by atoms with Gasteiger partial charge in [-0.2, -0.15) is 0 Å². The maximum Gasteiger partial charge on any atom is 0.272 e. The van der Waals surface area contributed by atoms with Crippen LogP contribution >= 0.6 is 22.9 Å². The van der Waals surface area contributed by atoms with Crippen molar-refractivity contribution >= 4 is 33.7 Å². The Hall–Kier alpha value is -1.89. The molecule has 1 saturated heterocycles. The van der Waals surface area contributed by atoms with Gasteiger partial charge >= 0.3 is 0 Å². The van der Waals surface area contributed by atoms with Gasteiger partial charge in [-0.25, -0.2) is 4.98 Å². The Morgan fingerprint density at radius 3 is 3.13 bits per heavy atom. The van der Waals surface area contributed by atoms with E-state index in [-0.39, 0.29) is 11.9 Å². The summed E-state index contributed by atoms with van der Waals surface area (Å²) in [5.74, 6) is 0.0145. The Balaban J connectivity index is 1.72. The van der Waals surface area contributed by atoms with Gasteiger partial charge in [0.15, 0.2) is 0 Å². The molecule has 118 valence electrons. The minimum atomic E-state index is -0.0663. The number of aromatic nitrogens is 2. The highest BCUT2D eigenvalue weighted by molar-refractivity contribution is 7.15. The minimum absolute atomic E-state index is 0.0145. The first-order chi connectivity index (χ1) is 11.3. The van der Waals surface area contributed by atoms with Gasteiger partial charge in [0.25, 0.3) is 5.91 Å². The summed E-state index contributed by atoms with van der Waals surface area (Å²) in [6.45, 7) is 2.14. The monoisotopic (exact) mass is 346 g/mol. The predicted octanol–water partition coefficient (Wildman–Crippen LogP) is 2.84. The molecule has 2 aromatic heterocycles. The van der Waals surface area contributed by atoms with E-state index in [9.17, 15) is 4.79 Å². The van der Waals surface area contributed by atoms with E-state index >= 15 is 0 Å². The summed E-state index contributed by atoms with van der Waals surface area (Å²) in [5.41, 5.74) is 1.63. The fraction of sp³-hybridized carbons (Fsp3) is 0.250. The van der Waals surface area contributed by atoms with Crippen LogP contribution < -0.4 is 5.32 Å². The van der Waals surface area contributed by atoms with E-state index in [1.54, 1.807) is 12.5 Å². The molecule has 1 aliphatic heterocycles. The normalized spacial score (nSPS) is 18.5. The van der Waals surface area contributed by atoms with Crippen LogP contribution in [0.25, 0.3) is 4.83 Å². The molecular weight excluding hydrogens is 332 g/mol. The van der Waals surface area contributed by atoms with E-state index < -0.39 is 0 Å². The number of rotatable bonds is 2. The van der Waals surface area contributed by atoms with E-state index in [4.69, 9.17) is 11.6 Å². The van der Waals surface area contributed by atoms with Gasteiger partial charge in [-0.1, -0.05) is 29.8 Å². The quantitative estimate of drug-likeness (QED) is 0.776. The van der Waals surface area contributed by atoms with Crippen molar-refractivity contribution in [3.63, 3.8) is 0 Å². The molecule has 1 amide bonds. The second-order valence-electron chi connectivity index (χ2n) is 5.46. The molecule has 0 radical (unpaired) electrons. The maximum absolute atomic E-state index is 13.1. The summed E-state index contributed by atoms with van der Waals surface area (Å²) < 4.78 is 1.85. The maximum atomic E-state index is 13.1. The molecule has 1 N–H and O–H groups in total. The number of nitrogens with zero attached hydrogens (tertiary/aromatic N) is 3. The number of nitrogens with one attached hydrogen (secondary N) is 1. The van der Waals surface area contributed by atoms with E-state index in [0.29, 0.717) is 23.8 Å². The highest BCUT2D eigenvalue weighted by Gasteiger charge is 2.31. The molecule has 0 spiro atoms. The fourth-order valence-corrected chi connectivity index (χ4v) is 4.08. The summed E-state index contributed by atoms with van der Waals surface area (Å²) in [4.78, 5) is 20.1. The average molecular weight is 347 g/mol. The standard InChI is InChI=1S/C16H15ClN4OS/c17-12-4-2-1-3-11(12)13-7-18-5-6-20(13)16(22)14-9-23-15-8-19-10-21(14)15/h1-4,8-10,13,18H,5-7H2. The summed E-state index contributed by atoms with van der Waals surface area (Å²) in [6, 6.07) is 7.65. The van der Waals surface area contributed by atoms with E-state index in [1.165, 1.54) is 11.3 Å². The lowest BCUT2D eigenvalue weighted by Gasteiger charge is -2.36. The van der Waals surface area contributed by atoms with Crippen LogP contribution in [0, 0.1) is 0 Å². The molecule has 0 saturated carbocycles. The van der Waals surface area contributed by atoms with E-state index in [2.05, 4.69) is 10.3 Å². The van der Waals surface area contributed by atoms with Gasteiger partial charge in [-0.05, 0) is 11.6 Å². The zero-order valence-electron chi connectivity index (χ0n) is 12.3. The molecule has 1 aromatic carbocycles. The molecule has 3 heterocycles. The van der Waals surface area contributed by atoms with Crippen molar-refractivity contribution in [2.75, 3.05) is 19.6 Å². The molecule has 1 unspecified atom stereocenters. The Kier molecular flexibility index (Phi) is 3.80. The van der Waals surface area contributed by atoms with Gasteiger partial charge in [0.1, 0.15) is 16.9 Å². The van der Waals surface area contributed by atoms with Gasteiger partial charge in [-0.15, -0.1) is 11.3 Å². The van der Waals surface area contributed by atoms with Crippen molar-refractivity contribution in [1.29, 1.82) is 0 Å². The lowest BCUT2D eigenvalue weighted by atomic mass is 10.0. The number of imidazole rings is 1. The van der Waals surface area contributed by atoms with Gasteiger partial charge in [-0.3, -0.25) is 9.20 Å². The highest BCUT2D eigenvalue weighted by atomic mass is 35.5. The first kappa shape index (κ1) is 14.7. The van der Waals surface area contributed by atoms with Crippen LogP contribution in [0.15, 0.2) is 42.2 Å². The Bertz CT molecular complexity index is 859. The summed E-state index contributed by atoms with van der Waals surface area (Å²) in [6.07, 6.45) is 3.45. The van der Waals surface area contributed by atoms with Crippen molar-refractivity contribution in [2.45, 2.75) is 6.04 Å². The van der Waals surface area contributed by atoms with Crippen molar-refractivity contribution in [1.82, 2.24) is 19.6 Å². The molecule has 23 heavy (non-hydrogen) atoms. The third-order valence-corrected chi connectivity index (χ3v) is 5.37. The van der Waals surface area contributed by atoms with Crippen LogP contribution in [0.4, 0.5) is 0 Å². The third kappa shape index (κ3) is 2.52. The zero-order chi connectivity index (χ0) is 15.8. The van der Waals surface area contributed by atoms with Crippen molar-refractivity contribution < 1.29 is 4.79 Å². The molecule has 5 nitrogen and oxygen atoms in total. The van der Waals surface area contributed by atoms with Crippen LogP contribution in [0.3, 0.4) is 0 Å². The van der Waals surface area contributed by atoms with Crippen molar-refractivity contribution in [2.24, 2.45) is 0 Å². The number of hydrogen-bond acceptors (Lipinski definition) is 4. The molecule has 3 aromatic rings. The molecule has 1 aliphatic rings. The fourth-order valence-electron chi connectivity index (χ4n) is 3.00. The first-order valence-electron chi connectivity index (χ1n) is 7.41. The van der Waals surface area contributed by atoms with Crippen LogP contribution in [0.5, 0.6) is 0 Å². The summed E-state index contributed by atoms with van der Waals surface area (Å²) >= 11 is 7.88. The number of fused-ring (bicyclic) bond motifs is 1. The van der Waals surface area contributed by atoms with Crippen LogP contribution in [-0.2, 0) is 0 Å². The largest absolute Gasteiger partial charge is 0.328 e. The highest BCUT2D eigenvalue weighted by Crippen LogP contribution is 2.30. The van der Waals surface area contributed by atoms with Crippen LogP contribution in [-0.4, -0.2) is 39.8 Å². The molecule has 4 rings (SSSR count). The van der Waals surface area contributed by atoms with Crippen LogP contribution in [0.2, 0.25) is 5.02 Å². The van der Waals surface area contributed by atoms with Gasteiger partial charge in [0.05, 0.1) is 12.2 Å². The molecule has 0 bridgehead atoms. The predicted molar refractivity (Wildman–Crippen MR) is 91.2 cm³/mol. The lowest BCUT2D eigenvalue weighted by Crippen LogP contribution is -2.49. The number of benzene rings is 1. The number of thiazole rings is 1. The van der Waals surface area contributed by atoms with E-state index in [1.807, 2.05) is 38.9 Å². The number of halogens is 1. The third-order valence-electron chi connectivity index (χ3n) is 4.14. The van der Waals surface area contributed by atoms with Crippen LogP contribution in [0.1, 0.15) is 22.1 Å². The van der Waals surface area contributed by atoms with E-state index in [0.717, 1.165) is 16.9 Å². The molecule has 7 heteroatoms. The lowest BCUT2D eigenvalue weighted by molar-refractivity contribution is 0.0627. The second-order valence-corrected chi connectivity index (χ2v) is 6.76. The number of carbonyl (C=O) groups excluding carboxylic acids is 1. The molecule has 1 fully saturated rings. The van der Waals surface area contributed by atoms with Crippen molar-refractivity contribution in [3.05, 3.63) is 58.4 Å². The number of hydrogen-bond donors (Lipinski definition) is 1. The second kappa shape index (κ2) is 5.96. The van der Waals surface area contributed by atoms with Gasteiger partial charge in [0, 0.05) is 30.0 Å². The molecule has 1 atom stereocenters. The zero-order valence-corrected chi connectivity index (χ0v) is 13.8. The Morgan fingerprint density at radius 1 is 1.39 bits per heavy atom. The minimum Gasteiger partial charge on any atom is -0.328 e. The van der Waals surface area contributed by atoms with Gasteiger partial charge in [0.2, 0.25) is 0 Å². The Morgan fingerprint density at radius 2 is 2.26 bits per heavy atom. The topological polar surface area (TPSA) is 49.6 Å². The van der Waals surface area contributed by atoms with Gasteiger partial charge < -0.3 is 10.2 Å². The summed E-state index contributed by atoms with van der Waals surface area (Å²) in [7, 11) is 0. The number of amides is 1. The smallest absolute Gasteiger partial charge is 0.272 e. The van der Waals surface area contributed by atoms with Crippen molar-refractivity contribution in [3.8, 4) is 0 Å². The summed E-state index contributed by atoms with van der Waals surface area (Å²) in [5, 5.41) is 5.94. The first-order valence-corrected chi connectivity index (χ1v) is 8.67. The Labute approximate surface area is 142 Å². The molecule has 0 aliphatic carbocycles. The number of piperazine rings is 1. The SMILES string of the molecule is O=C(c1csc2cncn12)N1CCNCC1c1ccccc1Cl. The molecular formula is C16H15ClN4OS.